The Balaban J connectivity index is 2.11. The minimum absolute atomic E-state index is 0.0706. The van der Waals surface area contributed by atoms with Crippen molar-refractivity contribution in [3.63, 3.8) is 0 Å². The van der Waals surface area contributed by atoms with Crippen LogP contribution in [0, 0.1) is 5.92 Å². The van der Waals surface area contributed by atoms with Crippen LogP contribution in [-0.2, 0) is 14.6 Å². The summed E-state index contributed by atoms with van der Waals surface area (Å²) in [7, 11) is -3.49. The van der Waals surface area contributed by atoms with Gasteiger partial charge in [-0.25, -0.2) is 13.2 Å². The molecule has 27 heavy (non-hydrogen) atoms. The number of carbonyl (C=O) groups is 1. The van der Waals surface area contributed by atoms with Crippen LogP contribution >= 0.6 is 11.8 Å². The molecule has 152 valence electrons. The van der Waals surface area contributed by atoms with E-state index >= 15 is 0 Å². The van der Waals surface area contributed by atoms with Crippen molar-refractivity contribution in [1.29, 1.82) is 0 Å². The highest BCUT2D eigenvalue weighted by molar-refractivity contribution is 7.98. The summed E-state index contributed by atoms with van der Waals surface area (Å²) in [5, 5.41) is 12.7. The van der Waals surface area contributed by atoms with Crippen molar-refractivity contribution in [3.05, 3.63) is 24.3 Å². The van der Waals surface area contributed by atoms with Crippen LogP contribution in [0.15, 0.2) is 34.1 Å². The molecule has 0 aromatic heterocycles. The third-order valence-electron chi connectivity index (χ3n) is 4.52. The molecule has 0 unspecified atom stereocenters. The SMILES string of the molecule is CSc1ccc(S(=O)(=O)C[C@H]2CC[C@@H](O)C[C@@H]2NC(=O)OC(C)(C)C)cc1. The molecule has 0 radical (unpaired) electrons. The Labute approximate surface area is 166 Å². The Hall–Kier alpha value is -1.25. The second-order valence-electron chi connectivity index (χ2n) is 7.94. The molecular formula is C19H29NO5S2. The van der Waals surface area contributed by atoms with Crippen molar-refractivity contribution in [3.8, 4) is 0 Å². The van der Waals surface area contributed by atoms with E-state index in [4.69, 9.17) is 4.74 Å². The lowest BCUT2D eigenvalue weighted by molar-refractivity contribution is 0.0399. The first-order chi connectivity index (χ1) is 12.5. The molecule has 1 fully saturated rings. The van der Waals surface area contributed by atoms with Crippen LogP contribution in [0.4, 0.5) is 4.79 Å². The van der Waals surface area contributed by atoms with Gasteiger partial charge in [0.2, 0.25) is 0 Å². The smallest absolute Gasteiger partial charge is 0.407 e. The van der Waals surface area contributed by atoms with Gasteiger partial charge in [0.1, 0.15) is 5.60 Å². The molecule has 1 aromatic carbocycles. The lowest BCUT2D eigenvalue weighted by atomic mass is 9.84. The van der Waals surface area contributed by atoms with Crippen LogP contribution in [0.25, 0.3) is 0 Å². The van der Waals surface area contributed by atoms with Crippen LogP contribution in [-0.4, -0.2) is 49.4 Å². The van der Waals surface area contributed by atoms with Crippen LogP contribution in [0.2, 0.25) is 0 Å². The fraction of sp³-hybridized carbons (Fsp3) is 0.632. The number of thioether (sulfide) groups is 1. The van der Waals surface area contributed by atoms with Crippen molar-refractivity contribution < 1.29 is 23.1 Å². The molecule has 1 saturated carbocycles. The highest BCUT2D eigenvalue weighted by Gasteiger charge is 2.35. The van der Waals surface area contributed by atoms with Crippen LogP contribution < -0.4 is 5.32 Å². The maximum atomic E-state index is 12.8. The molecule has 2 N–H and O–H groups in total. The molecule has 1 amide bonds. The number of sulfone groups is 1. The fourth-order valence-corrected chi connectivity index (χ4v) is 5.32. The standard InChI is InChI=1S/C19H29NO5S2/c1-19(2,3)25-18(22)20-17-11-14(21)6-5-13(17)12-27(23,24)16-9-7-15(26-4)8-10-16/h7-10,13-14,17,21H,5-6,11-12H2,1-4H3,(H,20,22)/t13-,14-,17+/m1/s1. The van der Waals surface area contributed by atoms with Crippen molar-refractivity contribution in [2.75, 3.05) is 12.0 Å². The van der Waals surface area contributed by atoms with E-state index in [9.17, 15) is 18.3 Å². The molecule has 2 rings (SSSR count). The van der Waals surface area contributed by atoms with E-state index in [1.54, 1.807) is 56.8 Å². The van der Waals surface area contributed by atoms with Gasteiger partial charge in [-0.3, -0.25) is 0 Å². The van der Waals surface area contributed by atoms with Crippen molar-refractivity contribution in [2.24, 2.45) is 5.92 Å². The van der Waals surface area contributed by atoms with Gasteiger partial charge >= 0.3 is 6.09 Å². The highest BCUT2D eigenvalue weighted by atomic mass is 32.2. The quantitative estimate of drug-likeness (QED) is 0.717. The number of ether oxygens (including phenoxy) is 1. The zero-order chi connectivity index (χ0) is 20.2. The van der Waals surface area contributed by atoms with E-state index < -0.39 is 33.7 Å². The average Bonchev–Trinajstić information content (AvgIpc) is 2.55. The third-order valence-corrected chi connectivity index (χ3v) is 7.12. The average molecular weight is 416 g/mol. The summed E-state index contributed by atoms with van der Waals surface area (Å²) in [5.74, 6) is -0.343. The Morgan fingerprint density at radius 3 is 2.44 bits per heavy atom. The number of nitrogens with one attached hydrogen (secondary N) is 1. The summed E-state index contributed by atoms with van der Waals surface area (Å²) < 4.78 is 30.9. The van der Waals surface area contributed by atoms with Crippen LogP contribution in [0.1, 0.15) is 40.0 Å². The molecule has 3 atom stereocenters. The summed E-state index contributed by atoms with van der Waals surface area (Å²) in [5.41, 5.74) is -0.641. The number of hydrogen-bond donors (Lipinski definition) is 2. The highest BCUT2D eigenvalue weighted by Crippen LogP contribution is 2.29. The number of aliphatic hydroxyl groups excluding tert-OH is 1. The number of alkyl carbamates (subject to hydrolysis) is 1. The zero-order valence-corrected chi connectivity index (χ0v) is 17.9. The Morgan fingerprint density at radius 2 is 1.89 bits per heavy atom. The minimum atomic E-state index is -3.49. The van der Waals surface area contributed by atoms with Gasteiger partial charge < -0.3 is 15.2 Å². The van der Waals surface area contributed by atoms with Crippen molar-refractivity contribution >= 4 is 27.7 Å². The Kier molecular flexibility index (Phi) is 7.21. The molecule has 6 nitrogen and oxygen atoms in total. The second kappa shape index (κ2) is 8.84. The van der Waals surface area contributed by atoms with Crippen molar-refractivity contribution in [1.82, 2.24) is 5.32 Å². The van der Waals surface area contributed by atoms with Gasteiger partial charge in [0.15, 0.2) is 9.84 Å². The molecule has 0 saturated heterocycles. The summed E-state index contributed by atoms with van der Waals surface area (Å²) in [6.07, 6.45) is 2.18. The molecule has 1 aromatic rings. The number of rotatable bonds is 5. The molecule has 0 bridgehead atoms. The first-order valence-electron chi connectivity index (χ1n) is 9.04. The summed E-state index contributed by atoms with van der Waals surface area (Å²) in [6, 6.07) is 6.38. The van der Waals surface area contributed by atoms with Gasteiger partial charge in [-0.15, -0.1) is 11.8 Å². The largest absolute Gasteiger partial charge is 0.444 e. The van der Waals surface area contributed by atoms with Gasteiger partial charge in [-0.05, 0) is 76.5 Å². The van der Waals surface area contributed by atoms with E-state index in [0.717, 1.165) is 4.90 Å². The monoisotopic (exact) mass is 415 g/mol. The fourth-order valence-electron chi connectivity index (χ4n) is 3.21. The Morgan fingerprint density at radius 1 is 1.26 bits per heavy atom. The predicted octanol–water partition coefficient (Wildman–Crippen LogP) is 3.24. The predicted molar refractivity (Wildman–Crippen MR) is 107 cm³/mol. The van der Waals surface area contributed by atoms with Gasteiger partial charge in [0.05, 0.1) is 16.8 Å². The number of aliphatic hydroxyl groups is 1. The minimum Gasteiger partial charge on any atom is -0.444 e. The molecule has 0 heterocycles. The molecular weight excluding hydrogens is 386 g/mol. The first kappa shape index (κ1) is 22.0. The zero-order valence-electron chi connectivity index (χ0n) is 16.3. The summed E-state index contributed by atoms with van der Waals surface area (Å²) in [4.78, 5) is 13.4. The van der Waals surface area contributed by atoms with E-state index in [-0.39, 0.29) is 16.6 Å². The number of amides is 1. The molecule has 0 spiro atoms. The number of benzene rings is 1. The summed E-state index contributed by atoms with van der Waals surface area (Å²) in [6.45, 7) is 5.30. The molecule has 1 aliphatic carbocycles. The van der Waals surface area contributed by atoms with Crippen LogP contribution in [0.5, 0.6) is 0 Å². The van der Waals surface area contributed by atoms with Crippen LogP contribution in [0.3, 0.4) is 0 Å². The second-order valence-corrected chi connectivity index (χ2v) is 10.9. The molecule has 8 heteroatoms. The number of hydrogen-bond acceptors (Lipinski definition) is 6. The van der Waals surface area contributed by atoms with Gasteiger partial charge in [-0.1, -0.05) is 0 Å². The van der Waals surface area contributed by atoms with Gasteiger partial charge in [0.25, 0.3) is 0 Å². The maximum Gasteiger partial charge on any atom is 0.407 e. The normalized spacial score (nSPS) is 23.7. The third kappa shape index (κ3) is 6.69. The van der Waals surface area contributed by atoms with E-state index in [1.165, 1.54) is 0 Å². The molecule has 1 aliphatic rings. The van der Waals surface area contributed by atoms with E-state index in [2.05, 4.69) is 5.32 Å². The van der Waals surface area contributed by atoms with E-state index in [1.807, 2.05) is 6.26 Å². The van der Waals surface area contributed by atoms with Crippen molar-refractivity contribution in [2.45, 2.75) is 67.6 Å². The topological polar surface area (TPSA) is 92.7 Å². The lowest BCUT2D eigenvalue weighted by Gasteiger charge is -2.35. The maximum absolute atomic E-state index is 12.8. The lowest BCUT2D eigenvalue weighted by Crippen LogP contribution is -2.48. The summed E-state index contributed by atoms with van der Waals surface area (Å²) >= 11 is 1.55. The van der Waals surface area contributed by atoms with Gasteiger partial charge in [-0.2, -0.15) is 0 Å². The number of carbonyl (C=O) groups excluding carboxylic acids is 1. The van der Waals surface area contributed by atoms with E-state index in [0.29, 0.717) is 19.3 Å². The first-order valence-corrected chi connectivity index (χ1v) is 11.9. The van der Waals surface area contributed by atoms with Gasteiger partial charge in [0, 0.05) is 10.9 Å². The molecule has 0 aliphatic heterocycles. The Bertz CT molecular complexity index is 740.